The molecule has 0 aliphatic heterocycles. The van der Waals surface area contributed by atoms with Crippen molar-refractivity contribution in [1.82, 2.24) is 0 Å². The fraction of sp³-hybridized carbons (Fsp3) is 0.263. The number of carbonyl (C=O) groups excluding carboxylic acids is 1. The molecule has 4 nitrogen and oxygen atoms in total. The average molecular weight is 482 g/mol. The summed E-state index contributed by atoms with van der Waals surface area (Å²) in [5.41, 5.74) is 0.839. The number of aliphatic imine (C=N–C) groups is 1. The van der Waals surface area contributed by atoms with Gasteiger partial charge in [-0.15, -0.1) is 0 Å². The van der Waals surface area contributed by atoms with Crippen LogP contribution in [0.1, 0.15) is 19.4 Å². The second kappa shape index (κ2) is 10.5. The molecule has 0 bridgehead atoms. The number of amides is 2. The quantitative estimate of drug-likeness (QED) is 0.205. The first-order valence-electron chi connectivity index (χ1n) is 8.34. The van der Waals surface area contributed by atoms with Crippen LogP contribution < -0.4 is 5.32 Å². The SMILES string of the molecule is CC(C)OC(=NC(=O)Nc1ccc(SC(F)(F)C(Cl)Cl)cc1)c1ccccc1Cl. The molecule has 0 fully saturated rings. The monoisotopic (exact) mass is 480 g/mol. The molecule has 0 unspecified atom stereocenters. The highest BCUT2D eigenvalue weighted by Gasteiger charge is 2.38. The molecule has 0 radical (unpaired) electrons. The number of hydrogen-bond donors (Lipinski definition) is 1. The molecule has 2 rings (SSSR count). The van der Waals surface area contributed by atoms with Crippen LogP contribution in [-0.4, -0.2) is 28.1 Å². The Labute approximate surface area is 186 Å². The smallest absolute Gasteiger partial charge is 0.348 e. The van der Waals surface area contributed by atoms with Crippen LogP contribution in [-0.2, 0) is 4.74 Å². The normalized spacial score (nSPS) is 12.4. The Bertz CT molecular complexity index is 878. The van der Waals surface area contributed by atoms with E-state index in [0.717, 1.165) is 0 Å². The molecule has 2 aromatic carbocycles. The molecule has 0 aromatic heterocycles. The van der Waals surface area contributed by atoms with Gasteiger partial charge in [-0.1, -0.05) is 46.9 Å². The zero-order chi connectivity index (χ0) is 21.6. The maximum atomic E-state index is 13.6. The van der Waals surface area contributed by atoms with Crippen LogP contribution in [0.15, 0.2) is 58.4 Å². The van der Waals surface area contributed by atoms with Gasteiger partial charge in [0.2, 0.25) is 5.90 Å². The van der Waals surface area contributed by atoms with E-state index < -0.39 is 16.1 Å². The molecule has 0 aliphatic carbocycles. The van der Waals surface area contributed by atoms with E-state index in [2.05, 4.69) is 10.3 Å². The van der Waals surface area contributed by atoms with Gasteiger partial charge >= 0.3 is 11.3 Å². The van der Waals surface area contributed by atoms with Gasteiger partial charge in [0.15, 0.2) is 4.84 Å². The number of alkyl halides is 4. The summed E-state index contributed by atoms with van der Waals surface area (Å²) in [6.45, 7) is 3.59. The van der Waals surface area contributed by atoms with E-state index in [1.807, 2.05) is 0 Å². The predicted octanol–water partition coefficient (Wildman–Crippen LogP) is 7.23. The highest BCUT2D eigenvalue weighted by atomic mass is 35.5. The summed E-state index contributed by atoms with van der Waals surface area (Å²) in [4.78, 5) is 14.7. The van der Waals surface area contributed by atoms with Crippen LogP contribution in [0.5, 0.6) is 0 Å². The number of thioether (sulfide) groups is 1. The maximum Gasteiger partial charge on any atom is 0.348 e. The fourth-order valence-electron chi connectivity index (χ4n) is 2.06. The van der Waals surface area contributed by atoms with Gasteiger partial charge in [-0.25, -0.2) is 4.79 Å². The molecule has 0 spiro atoms. The van der Waals surface area contributed by atoms with E-state index in [9.17, 15) is 13.6 Å². The van der Waals surface area contributed by atoms with Gasteiger partial charge in [0.1, 0.15) is 0 Å². The first kappa shape index (κ1) is 23.7. The first-order valence-corrected chi connectivity index (χ1v) is 10.4. The standard InChI is InChI=1S/C19H17Cl3F2N2O2S/c1-11(2)28-16(14-5-3-4-6-15(14)20)26-18(27)25-12-7-9-13(10-8-12)29-19(23,24)17(21)22/h3-11,17H,1-2H3,(H,25,27). The van der Waals surface area contributed by atoms with E-state index in [1.165, 1.54) is 24.3 Å². The predicted molar refractivity (Wildman–Crippen MR) is 116 cm³/mol. The van der Waals surface area contributed by atoms with E-state index in [1.54, 1.807) is 38.1 Å². The van der Waals surface area contributed by atoms with Crippen molar-refractivity contribution >= 4 is 64.2 Å². The van der Waals surface area contributed by atoms with Gasteiger partial charge in [-0.3, -0.25) is 0 Å². The summed E-state index contributed by atoms with van der Waals surface area (Å²) >= 11 is 16.9. The molecule has 0 heterocycles. The Morgan fingerprint density at radius 1 is 1.14 bits per heavy atom. The van der Waals surface area contributed by atoms with Crippen molar-refractivity contribution in [3.05, 3.63) is 59.1 Å². The van der Waals surface area contributed by atoms with Crippen molar-refractivity contribution < 1.29 is 18.3 Å². The van der Waals surface area contributed by atoms with Crippen LogP contribution in [0, 0.1) is 0 Å². The van der Waals surface area contributed by atoms with Crippen molar-refractivity contribution in [3.63, 3.8) is 0 Å². The van der Waals surface area contributed by atoms with E-state index in [0.29, 0.717) is 16.3 Å². The highest BCUT2D eigenvalue weighted by Crippen LogP contribution is 2.42. The topological polar surface area (TPSA) is 50.7 Å². The number of urea groups is 1. The number of rotatable bonds is 6. The van der Waals surface area contributed by atoms with Crippen LogP contribution >= 0.6 is 46.6 Å². The number of anilines is 1. The number of nitrogens with one attached hydrogen (secondary N) is 1. The lowest BCUT2D eigenvalue weighted by Crippen LogP contribution is -2.19. The van der Waals surface area contributed by atoms with Crippen molar-refractivity contribution in [2.75, 3.05) is 5.32 Å². The van der Waals surface area contributed by atoms with Gasteiger partial charge in [-0.2, -0.15) is 13.8 Å². The first-order chi connectivity index (χ1) is 13.6. The molecule has 156 valence electrons. The van der Waals surface area contributed by atoms with Gasteiger partial charge in [0, 0.05) is 10.6 Å². The second-order valence-electron chi connectivity index (χ2n) is 5.98. The third-order valence-electron chi connectivity index (χ3n) is 3.27. The summed E-state index contributed by atoms with van der Waals surface area (Å²) in [6, 6.07) is 11.9. The second-order valence-corrected chi connectivity index (χ2v) is 8.71. The lowest BCUT2D eigenvalue weighted by Gasteiger charge is -2.16. The molecule has 0 saturated heterocycles. The van der Waals surface area contributed by atoms with Crippen molar-refractivity contribution in [1.29, 1.82) is 0 Å². The Morgan fingerprint density at radius 3 is 2.31 bits per heavy atom. The molecule has 2 amide bonds. The molecular formula is C19H17Cl3F2N2O2S. The van der Waals surface area contributed by atoms with Crippen LogP contribution in [0.2, 0.25) is 5.02 Å². The van der Waals surface area contributed by atoms with E-state index >= 15 is 0 Å². The third-order valence-corrected chi connectivity index (χ3v) is 5.42. The van der Waals surface area contributed by atoms with Gasteiger partial charge in [0.05, 0.1) is 16.7 Å². The summed E-state index contributed by atoms with van der Waals surface area (Å²) in [6.07, 6.45) is -0.233. The maximum absolute atomic E-state index is 13.6. The Balaban J connectivity index is 2.14. The number of carbonyl (C=O) groups is 1. The third kappa shape index (κ3) is 7.33. The molecule has 0 aliphatic rings. The van der Waals surface area contributed by atoms with Gasteiger partial charge in [0.25, 0.3) is 0 Å². The van der Waals surface area contributed by atoms with Crippen molar-refractivity contribution in [2.45, 2.75) is 34.9 Å². The average Bonchev–Trinajstić information content (AvgIpc) is 2.62. The summed E-state index contributed by atoms with van der Waals surface area (Å²) < 4.78 is 32.8. The summed E-state index contributed by atoms with van der Waals surface area (Å²) in [5.74, 6) is 0.0742. The minimum absolute atomic E-state index is 0.0742. The van der Waals surface area contributed by atoms with Crippen molar-refractivity contribution in [3.8, 4) is 0 Å². The largest absolute Gasteiger partial charge is 0.474 e. The Morgan fingerprint density at radius 2 is 1.76 bits per heavy atom. The molecule has 2 aromatic rings. The molecule has 0 atom stereocenters. The van der Waals surface area contributed by atoms with E-state index in [4.69, 9.17) is 39.5 Å². The molecule has 29 heavy (non-hydrogen) atoms. The lowest BCUT2D eigenvalue weighted by molar-refractivity contribution is 0.122. The number of benzene rings is 2. The molecule has 1 N–H and O–H groups in total. The van der Waals surface area contributed by atoms with Gasteiger partial charge in [-0.05, 0) is 62.0 Å². The van der Waals surface area contributed by atoms with Gasteiger partial charge < -0.3 is 10.1 Å². The minimum atomic E-state index is -3.34. The highest BCUT2D eigenvalue weighted by molar-refractivity contribution is 8.00. The Hall–Kier alpha value is -1.54. The van der Waals surface area contributed by atoms with Crippen molar-refractivity contribution in [2.24, 2.45) is 4.99 Å². The van der Waals surface area contributed by atoms with E-state index in [-0.39, 0.29) is 28.7 Å². The number of nitrogens with zero attached hydrogens (tertiary/aromatic N) is 1. The Kier molecular flexibility index (Phi) is 8.58. The molecule has 0 saturated carbocycles. The summed E-state index contributed by atoms with van der Waals surface area (Å²) in [5, 5.41) is -0.400. The fourth-order valence-corrected chi connectivity index (χ4v) is 3.22. The number of halogens is 5. The zero-order valence-electron chi connectivity index (χ0n) is 15.3. The lowest BCUT2D eigenvalue weighted by atomic mass is 10.2. The summed E-state index contributed by atoms with van der Waals surface area (Å²) in [7, 11) is 0. The van der Waals surface area contributed by atoms with Crippen LogP contribution in [0.4, 0.5) is 19.3 Å². The molecule has 10 heteroatoms. The zero-order valence-corrected chi connectivity index (χ0v) is 18.4. The minimum Gasteiger partial charge on any atom is -0.474 e. The van der Waals surface area contributed by atoms with Crippen LogP contribution in [0.25, 0.3) is 0 Å². The number of ether oxygens (including phenoxy) is 1. The molecular weight excluding hydrogens is 465 g/mol. The van der Waals surface area contributed by atoms with Crippen LogP contribution in [0.3, 0.4) is 0 Å². The number of hydrogen-bond acceptors (Lipinski definition) is 3.